The Morgan fingerprint density at radius 2 is 2.11 bits per heavy atom. The number of anilines is 1. The van der Waals surface area contributed by atoms with Crippen molar-refractivity contribution in [3.8, 4) is 0 Å². The molecule has 0 radical (unpaired) electrons. The van der Waals surface area contributed by atoms with E-state index in [1.807, 2.05) is 0 Å². The van der Waals surface area contributed by atoms with E-state index in [1.165, 1.54) is 31.0 Å². The quantitative estimate of drug-likeness (QED) is 0.838. The first-order chi connectivity index (χ1) is 8.58. The summed E-state index contributed by atoms with van der Waals surface area (Å²) in [4.78, 5) is 13.7. The number of nitrogen functional groups attached to an aromatic ring is 1. The maximum absolute atomic E-state index is 13.6. The van der Waals surface area contributed by atoms with Crippen molar-refractivity contribution in [3.63, 3.8) is 0 Å². The van der Waals surface area contributed by atoms with Gasteiger partial charge in [-0.2, -0.15) is 0 Å². The minimum atomic E-state index is -0.507. The van der Waals surface area contributed by atoms with Crippen molar-refractivity contribution in [3.05, 3.63) is 29.6 Å². The second kappa shape index (κ2) is 5.38. The predicted octanol–water partition coefficient (Wildman–Crippen LogP) is 2.67. The maximum Gasteiger partial charge on any atom is 0.256 e. The summed E-state index contributed by atoms with van der Waals surface area (Å²) in [5.41, 5.74) is 6.07. The molecule has 98 valence electrons. The lowest BCUT2D eigenvalue weighted by Crippen LogP contribution is -2.31. The second-order valence-corrected chi connectivity index (χ2v) is 5.08. The van der Waals surface area contributed by atoms with Crippen LogP contribution in [-0.2, 0) is 0 Å². The summed E-state index contributed by atoms with van der Waals surface area (Å²) in [6, 6.07) is 4.11. The van der Waals surface area contributed by atoms with Gasteiger partial charge < -0.3 is 10.6 Å². The molecule has 18 heavy (non-hydrogen) atoms. The summed E-state index contributed by atoms with van der Waals surface area (Å²) >= 11 is 0. The molecule has 4 heteroatoms. The van der Waals surface area contributed by atoms with Crippen molar-refractivity contribution >= 4 is 11.6 Å². The molecule has 0 unspecified atom stereocenters. The van der Waals surface area contributed by atoms with Gasteiger partial charge in [0.2, 0.25) is 0 Å². The largest absolute Gasteiger partial charge is 0.399 e. The summed E-state index contributed by atoms with van der Waals surface area (Å²) in [6.45, 7) is 0.701. The molecule has 1 aliphatic carbocycles. The summed E-state index contributed by atoms with van der Waals surface area (Å²) in [5, 5.41) is 0. The average molecular weight is 250 g/mol. The Labute approximate surface area is 107 Å². The van der Waals surface area contributed by atoms with Crippen LogP contribution < -0.4 is 5.73 Å². The van der Waals surface area contributed by atoms with Crippen LogP contribution in [0.4, 0.5) is 10.1 Å². The summed E-state index contributed by atoms with van der Waals surface area (Å²) in [6.07, 6.45) is 4.80. The molecule has 0 aromatic heterocycles. The zero-order valence-electron chi connectivity index (χ0n) is 10.7. The molecule has 0 bridgehead atoms. The Hall–Kier alpha value is -1.58. The van der Waals surface area contributed by atoms with Crippen molar-refractivity contribution in [2.75, 3.05) is 19.3 Å². The first-order valence-electron chi connectivity index (χ1n) is 6.38. The van der Waals surface area contributed by atoms with Crippen LogP contribution in [0.1, 0.15) is 36.0 Å². The van der Waals surface area contributed by atoms with Crippen molar-refractivity contribution < 1.29 is 9.18 Å². The highest BCUT2D eigenvalue weighted by Gasteiger charge is 2.22. The molecule has 0 aliphatic heterocycles. The normalized spacial score (nSPS) is 15.9. The molecule has 2 rings (SSSR count). The smallest absolute Gasteiger partial charge is 0.256 e. The summed E-state index contributed by atoms with van der Waals surface area (Å²) in [7, 11) is 1.73. The van der Waals surface area contributed by atoms with Crippen LogP contribution in [0.25, 0.3) is 0 Å². The van der Waals surface area contributed by atoms with Crippen LogP contribution in [0.3, 0.4) is 0 Å². The number of hydrogen-bond acceptors (Lipinski definition) is 2. The third kappa shape index (κ3) is 2.81. The van der Waals surface area contributed by atoms with Crippen LogP contribution in [0, 0.1) is 11.7 Å². The van der Waals surface area contributed by atoms with E-state index in [0.717, 1.165) is 12.8 Å². The topological polar surface area (TPSA) is 46.3 Å². The van der Waals surface area contributed by atoms with Crippen molar-refractivity contribution in [2.45, 2.75) is 25.7 Å². The molecule has 1 aromatic carbocycles. The molecule has 1 amide bonds. The van der Waals surface area contributed by atoms with Crippen LogP contribution in [0.5, 0.6) is 0 Å². The number of amides is 1. The number of nitrogens with zero attached hydrogens (tertiary/aromatic N) is 1. The third-order valence-electron chi connectivity index (χ3n) is 3.57. The lowest BCUT2D eigenvalue weighted by atomic mass is 10.1. The molecular weight excluding hydrogens is 231 g/mol. The highest BCUT2D eigenvalue weighted by atomic mass is 19.1. The number of nitrogens with two attached hydrogens (primary N) is 1. The number of benzene rings is 1. The Balaban J connectivity index is 2.07. The fraction of sp³-hybridized carbons (Fsp3) is 0.500. The van der Waals surface area contributed by atoms with Crippen molar-refractivity contribution in [2.24, 2.45) is 5.92 Å². The van der Waals surface area contributed by atoms with Gasteiger partial charge in [-0.3, -0.25) is 4.79 Å². The lowest BCUT2D eigenvalue weighted by molar-refractivity contribution is 0.0768. The lowest BCUT2D eigenvalue weighted by Gasteiger charge is -2.21. The van der Waals surface area contributed by atoms with Crippen LogP contribution >= 0.6 is 0 Å². The number of carbonyl (C=O) groups is 1. The Bertz CT molecular complexity index is 441. The first kappa shape index (κ1) is 12.9. The highest BCUT2D eigenvalue weighted by Crippen LogP contribution is 2.25. The van der Waals surface area contributed by atoms with Crippen LogP contribution in [-0.4, -0.2) is 24.4 Å². The van der Waals surface area contributed by atoms with Crippen molar-refractivity contribution in [1.82, 2.24) is 4.90 Å². The van der Waals surface area contributed by atoms with Gasteiger partial charge in [-0.1, -0.05) is 12.8 Å². The highest BCUT2D eigenvalue weighted by molar-refractivity contribution is 5.95. The molecule has 2 N–H and O–H groups in total. The molecule has 1 aromatic rings. The zero-order valence-corrected chi connectivity index (χ0v) is 10.7. The molecule has 3 nitrogen and oxygen atoms in total. The van der Waals surface area contributed by atoms with E-state index in [9.17, 15) is 9.18 Å². The van der Waals surface area contributed by atoms with Gasteiger partial charge in [-0.15, -0.1) is 0 Å². The van der Waals surface area contributed by atoms with Crippen LogP contribution in [0.15, 0.2) is 18.2 Å². The Morgan fingerprint density at radius 1 is 1.44 bits per heavy atom. The second-order valence-electron chi connectivity index (χ2n) is 5.08. The SMILES string of the molecule is CN(CC1CCCC1)C(=O)c1cc(N)ccc1F. The minimum Gasteiger partial charge on any atom is -0.399 e. The van der Waals surface area contributed by atoms with Gasteiger partial charge in [-0.05, 0) is 37.0 Å². The molecule has 0 heterocycles. The molecule has 0 atom stereocenters. The molecular formula is C14H19FN2O. The summed E-state index contributed by atoms with van der Waals surface area (Å²) < 4.78 is 13.6. The van der Waals surface area contributed by atoms with E-state index < -0.39 is 5.82 Å². The maximum atomic E-state index is 13.6. The van der Waals surface area contributed by atoms with Gasteiger partial charge in [0.1, 0.15) is 5.82 Å². The zero-order chi connectivity index (χ0) is 13.1. The standard InChI is InChI=1S/C14H19FN2O/c1-17(9-10-4-2-3-5-10)14(18)12-8-11(16)6-7-13(12)15/h6-8,10H,2-5,9,16H2,1H3. The van der Waals surface area contributed by atoms with Gasteiger partial charge >= 0.3 is 0 Å². The van der Waals surface area contributed by atoms with E-state index in [2.05, 4.69) is 0 Å². The minimum absolute atomic E-state index is 0.0653. The molecule has 1 aliphatic rings. The monoisotopic (exact) mass is 250 g/mol. The first-order valence-corrected chi connectivity index (χ1v) is 6.38. The van der Waals surface area contributed by atoms with Crippen LogP contribution in [0.2, 0.25) is 0 Å². The van der Waals surface area contributed by atoms with E-state index in [4.69, 9.17) is 5.73 Å². The average Bonchev–Trinajstić information content (AvgIpc) is 2.84. The molecule has 0 saturated heterocycles. The third-order valence-corrected chi connectivity index (χ3v) is 3.57. The predicted molar refractivity (Wildman–Crippen MR) is 69.7 cm³/mol. The van der Waals surface area contributed by atoms with Crippen molar-refractivity contribution in [1.29, 1.82) is 0 Å². The Morgan fingerprint density at radius 3 is 2.78 bits per heavy atom. The Kier molecular flexibility index (Phi) is 3.84. The number of rotatable bonds is 3. The molecule has 1 fully saturated rings. The van der Waals surface area contributed by atoms with E-state index >= 15 is 0 Å². The van der Waals surface area contributed by atoms with Gasteiger partial charge in [0, 0.05) is 19.3 Å². The number of carbonyl (C=O) groups excluding carboxylic acids is 1. The van der Waals surface area contributed by atoms with Gasteiger partial charge in [-0.25, -0.2) is 4.39 Å². The number of hydrogen-bond donors (Lipinski definition) is 1. The summed E-state index contributed by atoms with van der Waals surface area (Å²) in [5.74, 6) is -0.234. The van der Waals surface area contributed by atoms with E-state index in [1.54, 1.807) is 11.9 Å². The van der Waals surface area contributed by atoms with Gasteiger partial charge in [0.15, 0.2) is 0 Å². The van der Waals surface area contributed by atoms with Gasteiger partial charge in [0.05, 0.1) is 5.56 Å². The number of halogens is 1. The molecule has 0 spiro atoms. The molecule has 1 saturated carbocycles. The fourth-order valence-corrected chi connectivity index (χ4v) is 2.58. The fourth-order valence-electron chi connectivity index (χ4n) is 2.58. The van der Waals surface area contributed by atoms with E-state index in [-0.39, 0.29) is 11.5 Å². The van der Waals surface area contributed by atoms with E-state index in [0.29, 0.717) is 18.2 Å². The van der Waals surface area contributed by atoms with Gasteiger partial charge in [0.25, 0.3) is 5.91 Å².